The molecule has 15 heavy (non-hydrogen) atoms. The van der Waals surface area contributed by atoms with Crippen LogP contribution in [0.2, 0.25) is 0 Å². The van der Waals surface area contributed by atoms with Gasteiger partial charge in [-0.05, 0) is 18.8 Å². The highest BCUT2D eigenvalue weighted by Crippen LogP contribution is 2.30. The Morgan fingerprint density at radius 2 is 2.40 bits per heavy atom. The van der Waals surface area contributed by atoms with Crippen LogP contribution in [0.25, 0.3) is 0 Å². The molecule has 0 atom stereocenters. The molecule has 1 aliphatic rings. The first-order valence-electron chi connectivity index (χ1n) is 4.67. The number of nitro groups is 1. The molecule has 1 aliphatic carbocycles. The second kappa shape index (κ2) is 3.68. The van der Waals surface area contributed by atoms with Gasteiger partial charge in [0.1, 0.15) is 6.20 Å². The molecule has 1 saturated carbocycles. The number of anilines is 2. The maximum Gasteiger partial charge on any atom is 0.329 e. The molecule has 7 nitrogen and oxygen atoms in total. The van der Waals surface area contributed by atoms with Crippen molar-refractivity contribution >= 4 is 17.5 Å². The van der Waals surface area contributed by atoms with Crippen LogP contribution in [0.3, 0.4) is 0 Å². The van der Waals surface area contributed by atoms with Crippen molar-refractivity contribution in [3.05, 3.63) is 16.3 Å². The fourth-order valence-electron chi connectivity index (χ4n) is 1.22. The number of nitrogen functional groups attached to an aromatic ring is 1. The molecule has 1 aromatic heterocycles. The predicted octanol–water partition coefficient (Wildman–Crippen LogP) is 0.789. The van der Waals surface area contributed by atoms with Crippen molar-refractivity contribution in [3.8, 4) is 0 Å². The zero-order chi connectivity index (χ0) is 10.8. The zero-order valence-corrected chi connectivity index (χ0v) is 8.01. The summed E-state index contributed by atoms with van der Waals surface area (Å²) in [6.07, 6.45) is 3.46. The number of nitrogens with one attached hydrogen (secondary N) is 1. The summed E-state index contributed by atoms with van der Waals surface area (Å²) in [4.78, 5) is 17.5. The molecule has 0 saturated heterocycles. The Morgan fingerprint density at radius 1 is 1.67 bits per heavy atom. The van der Waals surface area contributed by atoms with Crippen LogP contribution in [0.15, 0.2) is 6.20 Å². The summed E-state index contributed by atoms with van der Waals surface area (Å²) in [5.74, 6) is 0.860. The molecule has 3 N–H and O–H groups in total. The van der Waals surface area contributed by atoms with E-state index in [0.29, 0.717) is 12.5 Å². The molecule has 1 aromatic rings. The van der Waals surface area contributed by atoms with Gasteiger partial charge in [-0.1, -0.05) is 0 Å². The Kier molecular flexibility index (Phi) is 2.36. The van der Waals surface area contributed by atoms with Gasteiger partial charge in [-0.2, -0.15) is 4.98 Å². The average Bonchev–Trinajstić information content (AvgIpc) is 2.97. The molecule has 0 spiro atoms. The third kappa shape index (κ3) is 2.30. The van der Waals surface area contributed by atoms with E-state index in [2.05, 4.69) is 15.3 Å². The summed E-state index contributed by atoms with van der Waals surface area (Å²) in [7, 11) is 0. The molecule has 0 amide bonds. The number of hydrogen-bond acceptors (Lipinski definition) is 6. The number of hydrogen-bond donors (Lipinski definition) is 2. The second-order valence-electron chi connectivity index (χ2n) is 3.54. The highest BCUT2D eigenvalue weighted by atomic mass is 16.6. The molecular weight excluding hydrogens is 198 g/mol. The molecule has 0 aromatic carbocycles. The van der Waals surface area contributed by atoms with Crippen LogP contribution in [-0.2, 0) is 0 Å². The number of aromatic nitrogens is 2. The first-order chi connectivity index (χ1) is 7.16. The zero-order valence-electron chi connectivity index (χ0n) is 8.01. The van der Waals surface area contributed by atoms with E-state index < -0.39 is 4.92 Å². The Morgan fingerprint density at radius 3 is 3.00 bits per heavy atom. The minimum atomic E-state index is -0.519. The average molecular weight is 209 g/mol. The summed E-state index contributed by atoms with van der Waals surface area (Å²) < 4.78 is 0. The van der Waals surface area contributed by atoms with E-state index in [1.54, 1.807) is 0 Å². The van der Waals surface area contributed by atoms with E-state index in [9.17, 15) is 10.1 Å². The fourth-order valence-corrected chi connectivity index (χ4v) is 1.22. The number of rotatable bonds is 4. The topological polar surface area (TPSA) is 107 Å². The van der Waals surface area contributed by atoms with Gasteiger partial charge in [0.2, 0.25) is 11.8 Å². The molecule has 1 heterocycles. The first kappa shape index (κ1) is 9.63. The van der Waals surface area contributed by atoms with Gasteiger partial charge in [0.15, 0.2) is 0 Å². The Bertz CT molecular complexity index is 391. The highest BCUT2D eigenvalue weighted by Gasteiger charge is 2.23. The third-order valence-corrected chi connectivity index (χ3v) is 2.24. The molecule has 0 bridgehead atoms. The lowest BCUT2D eigenvalue weighted by atomic mass is 10.4. The molecule has 0 aliphatic heterocycles. The lowest BCUT2D eigenvalue weighted by molar-refractivity contribution is -0.384. The van der Waals surface area contributed by atoms with Crippen molar-refractivity contribution in [1.82, 2.24) is 9.97 Å². The second-order valence-corrected chi connectivity index (χ2v) is 3.54. The van der Waals surface area contributed by atoms with Crippen molar-refractivity contribution in [3.63, 3.8) is 0 Å². The van der Waals surface area contributed by atoms with Crippen LogP contribution in [0.1, 0.15) is 12.8 Å². The molecule has 2 rings (SSSR count). The molecule has 1 fully saturated rings. The van der Waals surface area contributed by atoms with Gasteiger partial charge in [0.25, 0.3) is 0 Å². The lowest BCUT2D eigenvalue weighted by Crippen LogP contribution is -2.09. The van der Waals surface area contributed by atoms with Gasteiger partial charge in [0.05, 0.1) is 4.92 Å². The van der Waals surface area contributed by atoms with E-state index in [1.165, 1.54) is 12.8 Å². The third-order valence-electron chi connectivity index (χ3n) is 2.24. The largest absolute Gasteiger partial charge is 0.368 e. The maximum atomic E-state index is 10.6. The Labute approximate surface area is 85.9 Å². The van der Waals surface area contributed by atoms with E-state index in [4.69, 9.17) is 5.73 Å². The van der Waals surface area contributed by atoms with Gasteiger partial charge in [0, 0.05) is 6.54 Å². The van der Waals surface area contributed by atoms with Crippen molar-refractivity contribution in [2.24, 2.45) is 5.92 Å². The highest BCUT2D eigenvalue weighted by molar-refractivity contribution is 5.56. The predicted molar refractivity (Wildman–Crippen MR) is 54.3 cm³/mol. The smallest absolute Gasteiger partial charge is 0.329 e. The van der Waals surface area contributed by atoms with Gasteiger partial charge in [-0.3, -0.25) is 10.1 Å². The van der Waals surface area contributed by atoms with Gasteiger partial charge >= 0.3 is 5.69 Å². The quantitative estimate of drug-likeness (QED) is 0.560. The van der Waals surface area contributed by atoms with Crippen LogP contribution in [0.5, 0.6) is 0 Å². The molecule has 7 heteroatoms. The van der Waals surface area contributed by atoms with Crippen LogP contribution >= 0.6 is 0 Å². The Hall–Kier alpha value is -1.92. The fraction of sp³-hybridized carbons (Fsp3) is 0.500. The summed E-state index contributed by atoms with van der Waals surface area (Å²) in [6, 6.07) is 0. The van der Waals surface area contributed by atoms with Crippen LogP contribution < -0.4 is 11.1 Å². The van der Waals surface area contributed by atoms with Crippen molar-refractivity contribution < 1.29 is 4.92 Å². The summed E-state index contributed by atoms with van der Waals surface area (Å²) >= 11 is 0. The van der Waals surface area contributed by atoms with Gasteiger partial charge in [-0.25, -0.2) is 4.98 Å². The first-order valence-corrected chi connectivity index (χ1v) is 4.67. The minimum absolute atomic E-state index is 0.0406. The molecule has 0 radical (unpaired) electrons. The number of nitrogens with zero attached hydrogens (tertiary/aromatic N) is 3. The van der Waals surface area contributed by atoms with E-state index in [0.717, 1.165) is 6.20 Å². The van der Waals surface area contributed by atoms with Crippen molar-refractivity contribution in [1.29, 1.82) is 0 Å². The van der Waals surface area contributed by atoms with E-state index in [-0.39, 0.29) is 17.5 Å². The molecule has 0 unspecified atom stereocenters. The standard InChI is InChI=1S/C8H11N5O2/c9-8-11-4-6(13(14)15)7(12-8)10-3-5-1-2-5/h4-5H,1-3H2,(H3,9,10,11,12). The Balaban J connectivity index is 2.16. The van der Waals surface area contributed by atoms with Crippen LogP contribution in [0.4, 0.5) is 17.5 Å². The SMILES string of the molecule is Nc1ncc([N+](=O)[O-])c(NCC2CC2)n1. The normalized spacial score (nSPS) is 14.9. The van der Waals surface area contributed by atoms with Crippen molar-refractivity contribution in [2.75, 3.05) is 17.6 Å². The number of nitrogens with two attached hydrogens (primary N) is 1. The molecule has 80 valence electrons. The van der Waals surface area contributed by atoms with Gasteiger partial charge < -0.3 is 11.1 Å². The maximum absolute atomic E-state index is 10.6. The lowest BCUT2D eigenvalue weighted by Gasteiger charge is -2.04. The van der Waals surface area contributed by atoms with Crippen molar-refractivity contribution in [2.45, 2.75) is 12.8 Å². The van der Waals surface area contributed by atoms with E-state index in [1.807, 2.05) is 0 Å². The van der Waals surface area contributed by atoms with Crippen LogP contribution in [0, 0.1) is 16.0 Å². The van der Waals surface area contributed by atoms with Crippen LogP contribution in [-0.4, -0.2) is 21.4 Å². The molecular formula is C8H11N5O2. The monoisotopic (exact) mass is 209 g/mol. The van der Waals surface area contributed by atoms with E-state index >= 15 is 0 Å². The summed E-state index contributed by atoms with van der Waals surface area (Å²) in [5, 5.41) is 13.6. The summed E-state index contributed by atoms with van der Waals surface area (Å²) in [6.45, 7) is 0.706. The minimum Gasteiger partial charge on any atom is -0.368 e. The summed E-state index contributed by atoms with van der Waals surface area (Å²) in [5.41, 5.74) is 5.23. The van der Waals surface area contributed by atoms with Gasteiger partial charge in [-0.15, -0.1) is 0 Å².